The molecular formula is C21H21ClN6O. The summed E-state index contributed by atoms with van der Waals surface area (Å²) in [7, 11) is 5.60. The van der Waals surface area contributed by atoms with Crippen LogP contribution in [0.5, 0.6) is 5.75 Å². The van der Waals surface area contributed by atoms with E-state index in [0.717, 1.165) is 39.8 Å². The molecule has 0 atom stereocenters. The Bertz CT molecular complexity index is 1140. The Hall–Kier alpha value is -3.32. The third-order valence-corrected chi connectivity index (χ3v) is 5.00. The fourth-order valence-corrected chi connectivity index (χ4v) is 3.27. The molecule has 4 rings (SSSR count). The van der Waals surface area contributed by atoms with Crippen molar-refractivity contribution in [3.05, 3.63) is 65.6 Å². The first-order valence-electron chi connectivity index (χ1n) is 9.10. The first-order chi connectivity index (χ1) is 14.0. The summed E-state index contributed by atoms with van der Waals surface area (Å²) in [5.74, 6) is 2.37. The average molecular weight is 409 g/mol. The predicted molar refractivity (Wildman–Crippen MR) is 116 cm³/mol. The largest absolute Gasteiger partial charge is 0.497 e. The summed E-state index contributed by atoms with van der Waals surface area (Å²) in [6.45, 7) is 0.674. The quantitative estimate of drug-likeness (QED) is 0.477. The number of halogens is 1. The fourth-order valence-electron chi connectivity index (χ4n) is 3.12. The molecule has 148 valence electrons. The van der Waals surface area contributed by atoms with Crippen LogP contribution in [0, 0.1) is 0 Å². The van der Waals surface area contributed by atoms with Crippen LogP contribution < -0.4 is 15.0 Å². The zero-order chi connectivity index (χ0) is 20.4. The molecule has 0 fully saturated rings. The number of aromatic nitrogens is 4. The molecule has 0 spiro atoms. The lowest BCUT2D eigenvalue weighted by molar-refractivity contribution is 0.414. The number of aryl methyl sites for hydroxylation is 1. The molecule has 0 aliphatic carbocycles. The van der Waals surface area contributed by atoms with Crippen LogP contribution in [0.15, 0.2) is 54.7 Å². The van der Waals surface area contributed by atoms with Crippen molar-refractivity contribution in [2.45, 2.75) is 6.54 Å². The first kappa shape index (κ1) is 19.0. The van der Waals surface area contributed by atoms with Crippen molar-refractivity contribution in [3.8, 4) is 5.75 Å². The molecule has 0 aliphatic heterocycles. The highest BCUT2D eigenvalue weighted by molar-refractivity contribution is 6.28. The highest BCUT2D eigenvalue weighted by Crippen LogP contribution is 2.27. The second-order valence-electron chi connectivity index (χ2n) is 6.61. The minimum Gasteiger partial charge on any atom is -0.497 e. The summed E-state index contributed by atoms with van der Waals surface area (Å²) < 4.78 is 7.25. The van der Waals surface area contributed by atoms with Gasteiger partial charge in [-0.15, -0.1) is 0 Å². The van der Waals surface area contributed by atoms with E-state index in [-0.39, 0.29) is 5.28 Å². The number of ether oxygens (including phenoxy) is 1. The van der Waals surface area contributed by atoms with Gasteiger partial charge >= 0.3 is 0 Å². The summed E-state index contributed by atoms with van der Waals surface area (Å²) in [6, 6.07) is 15.9. The lowest BCUT2D eigenvalue weighted by Crippen LogP contribution is -2.11. The highest BCUT2D eigenvalue weighted by atomic mass is 35.5. The summed E-state index contributed by atoms with van der Waals surface area (Å²) in [6.07, 6.45) is 1.64. The standard InChI is InChI=1S/C21H21ClN6O/c1-27(19-10-11-23-20(22)26-19)15-6-9-18-17(12-15)25-21(28(18)2)24-13-14-4-7-16(29-3)8-5-14/h4-12H,13H2,1-3H3,(H,24,25). The molecule has 0 radical (unpaired) electrons. The van der Waals surface area contributed by atoms with Crippen LogP contribution in [0.1, 0.15) is 5.56 Å². The van der Waals surface area contributed by atoms with Crippen molar-refractivity contribution in [2.24, 2.45) is 7.05 Å². The van der Waals surface area contributed by atoms with Crippen LogP contribution in [0.2, 0.25) is 5.28 Å². The van der Waals surface area contributed by atoms with Crippen LogP contribution in [0.3, 0.4) is 0 Å². The maximum absolute atomic E-state index is 5.92. The minimum absolute atomic E-state index is 0.221. The summed E-state index contributed by atoms with van der Waals surface area (Å²) >= 11 is 5.92. The Kier molecular flexibility index (Phi) is 5.22. The summed E-state index contributed by atoms with van der Waals surface area (Å²) in [5, 5.41) is 3.62. The van der Waals surface area contributed by atoms with E-state index in [2.05, 4.69) is 21.4 Å². The van der Waals surface area contributed by atoms with E-state index in [0.29, 0.717) is 6.54 Å². The zero-order valence-corrected chi connectivity index (χ0v) is 17.2. The van der Waals surface area contributed by atoms with Gasteiger partial charge in [-0.3, -0.25) is 0 Å². The zero-order valence-electron chi connectivity index (χ0n) is 16.4. The van der Waals surface area contributed by atoms with Gasteiger partial charge in [-0.05, 0) is 53.6 Å². The SMILES string of the molecule is COc1ccc(CNc2nc3cc(N(C)c4ccnc(Cl)n4)ccc3n2C)cc1. The van der Waals surface area contributed by atoms with Crippen molar-refractivity contribution in [2.75, 3.05) is 24.4 Å². The number of nitrogens with zero attached hydrogens (tertiary/aromatic N) is 5. The fraction of sp³-hybridized carbons (Fsp3) is 0.190. The number of nitrogens with one attached hydrogen (secondary N) is 1. The third-order valence-electron chi connectivity index (χ3n) is 4.82. The summed E-state index contributed by atoms with van der Waals surface area (Å²) in [5.41, 5.74) is 4.06. The number of benzene rings is 2. The summed E-state index contributed by atoms with van der Waals surface area (Å²) in [4.78, 5) is 14.9. The van der Waals surface area contributed by atoms with Crippen LogP contribution >= 0.6 is 11.6 Å². The Balaban J connectivity index is 1.56. The van der Waals surface area contributed by atoms with E-state index in [9.17, 15) is 0 Å². The smallest absolute Gasteiger partial charge is 0.224 e. The van der Waals surface area contributed by atoms with E-state index in [1.165, 1.54) is 0 Å². The Morgan fingerprint density at radius 2 is 1.90 bits per heavy atom. The number of rotatable bonds is 6. The molecule has 1 N–H and O–H groups in total. The number of hydrogen-bond donors (Lipinski definition) is 1. The van der Waals surface area contributed by atoms with Crippen LogP contribution in [0.4, 0.5) is 17.5 Å². The molecule has 0 amide bonds. The van der Waals surface area contributed by atoms with Gasteiger partial charge in [0.2, 0.25) is 11.2 Å². The molecule has 0 aliphatic rings. The van der Waals surface area contributed by atoms with Gasteiger partial charge in [0.25, 0.3) is 0 Å². The molecule has 0 bridgehead atoms. The van der Waals surface area contributed by atoms with Gasteiger partial charge in [0.05, 0.1) is 18.1 Å². The van der Waals surface area contributed by atoms with Gasteiger partial charge in [-0.1, -0.05) is 12.1 Å². The normalized spacial score (nSPS) is 10.9. The molecule has 8 heteroatoms. The lowest BCUT2D eigenvalue weighted by Gasteiger charge is -2.18. The Morgan fingerprint density at radius 1 is 1.10 bits per heavy atom. The van der Waals surface area contributed by atoms with Crippen LogP contribution in [-0.4, -0.2) is 33.7 Å². The van der Waals surface area contributed by atoms with E-state index in [4.69, 9.17) is 21.3 Å². The average Bonchev–Trinajstić information content (AvgIpc) is 3.07. The number of methoxy groups -OCH3 is 1. The minimum atomic E-state index is 0.221. The van der Waals surface area contributed by atoms with Crippen molar-refractivity contribution in [1.82, 2.24) is 19.5 Å². The first-order valence-corrected chi connectivity index (χ1v) is 9.48. The molecule has 2 heterocycles. The third kappa shape index (κ3) is 3.95. The van der Waals surface area contributed by atoms with E-state index >= 15 is 0 Å². The molecule has 0 saturated carbocycles. The van der Waals surface area contributed by atoms with E-state index in [1.54, 1.807) is 13.3 Å². The van der Waals surface area contributed by atoms with Crippen LogP contribution in [0.25, 0.3) is 11.0 Å². The van der Waals surface area contributed by atoms with Gasteiger partial charge in [-0.2, -0.15) is 0 Å². The molecule has 4 aromatic rings. The van der Waals surface area contributed by atoms with E-state index in [1.807, 2.05) is 66.0 Å². The second-order valence-corrected chi connectivity index (χ2v) is 6.95. The van der Waals surface area contributed by atoms with Gasteiger partial charge in [0.15, 0.2) is 0 Å². The molecule has 0 unspecified atom stereocenters. The Morgan fingerprint density at radius 3 is 2.62 bits per heavy atom. The lowest BCUT2D eigenvalue weighted by atomic mass is 10.2. The van der Waals surface area contributed by atoms with Crippen LogP contribution in [-0.2, 0) is 13.6 Å². The van der Waals surface area contributed by atoms with Gasteiger partial charge in [0.1, 0.15) is 11.6 Å². The van der Waals surface area contributed by atoms with Crippen molar-refractivity contribution in [3.63, 3.8) is 0 Å². The molecule has 2 aromatic heterocycles. The monoisotopic (exact) mass is 408 g/mol. The van der Waals surface area contributed by atoms with E-state index < -0.39 is 0 Å². The Labute approximate surface area is 173 Å². The molecule has 0 saturated heterocycles. The number of imidazole rings is 1. The molecule has 2 aromatic carbocycles. The molecule has 7 nitrogen and oxygen atoms in total. The van der Waals surface area contributed by atoms with Gasteiger partial charge in [-0.25, -0.2) is 15.0 Å². The number of fused-ring (bicyclic) bond motifs is 1. The number of hydrogen-bond acceptors (Lipinski definition) is 6. The van der Waals surface area contributed by atoms with Crippen molar-refractivity contribution in [1.29, 1.82) is 0 Å². The highest BCUT2D eigenvalue weighted by Gasteiger charge is 2.12. The maximum atomic E-state index is 5.92. The van der Waals surface area contributed by atoms with Crippen molar-refractivity contribution >= 4 is 40.1 Å². The topological polar surface area (TPSA) is 68.1 Å². The molecular weight excluding hydrogens is 388 g/mol. The van der Waals surface area contributed by atoms with Crippen molar-refractivity contribution < 1.29 is 4.74 Å². The van der Waals surface area contributed by atoms with Gasteiger partial charge in [0, 0.05) is 32.5 Å². The molecule has 29 heavy (non-hydrogen) atoms. The number of anilines is 3. The maximum Gasteiger partial charge on any atom is 0.224 e. The second kappa shape index (κ2) is 7.97. The predicted octanol–water partition coefficient (Wildman–Crippen LogP) is 4.41. The van der Waals surface area contributed by atoms with Gasteiger partial charge < -0.3 is 19.5 Å².